The number of benzene rings is 1. The van der Waals surface area contributed by atoms with E-state index in [0.717, 1.165) is 11.1 Å². The van der Waals surface area contributed by atoms with Crippen molar-refractivity contribution in [2.45, 2.75) is 20.5 Å². The van der Waals surface area contributed by atoms with E-state index in [1.165, 1.54) is 6.07 Å². The van der Waals surface area contributed by atoms with E-state index in [9.17, 15) is 10.1 Å². The summed E-state index contributed by atoms with van der Waals surface area (Å²) in [6.45, 7) is 3.54. The first-order valence-corrected chi connectivity index (χ1v) is 7.18. The average molecular weight is 326 g/mol. The van der Waals surface area contributed by atoms with Crippen LogP contribution in [0.4, 0.5) is 5.82 Å². The number of hydrogen-bond acceptors (Lipinski definition) is 7. The molecule has 122 valence electrons. The van der Waals surface area contributed by atoms with Gasteiger partial charge >= 0.3 is 5.82 Å². The molecular formula is C16H14N4O4. The summed E-state index contributed by atoms with van der Waals surface area (Å²) in [6.07, 6.45) is 0. The first-order chi connectivity index (χ1) is 11.5. The van der Waals surface area contributed by atoms with E-state index in [1.807, 2.05) is 31.2 Å². The number of hydrogen-bond donors (Lipinski definition) is 0. The summed E-state index contributed by atoms with van der Waals surface area (Å²) in [5, 5.41) is 14.9. The Morgan fingerprint density at radius 3 is 2.71 bits per heavy atom. The number of pyridine rings is 1. The zero-order valence-corrected chi connectivity index (χ0v) is 13.1. The topological polar surface area (TPSA) is 104 Å². The van der Waals surface area contributed by atoms with Gasteiger partial charge in [-0.3, -0.25) is 0 Å². The molecule has 1 aromatic carbocycles. The minimum absolute atomic E-state index is 0.0567. The van der Waals surface area contributed by atoms with E-state index >= 15 is 0 Å². The van der Waals surface area contributed by atoms with Crippen molar-refractivity contribution in [3.05, 3.63) is 63.7 Å². The number of nitro groups is 1. The van der Waals surface area contributed by atoms with Crippen LogP contribution in [0.2, 0.25) is 0 Å². The van der Waals surface area contributed by atoms with Gasteiger partial charge in [0.2, 0.25) is 11.6 Å². The molecule has 0 radical (unpaired) electrons. The molecule has 2 aromatic heterocycles. The highest BCUT2D eigenvalue weighted by Gasteiger charge is 2.19. The summed E-state index contributed by atoms with van der Waals surface area (Å²) >= 11 is 0. The van der Waals surface area contributed by atoms with Crippen molar-refractivity contribution in [1.82, 2.24) is 15.1 Å². The van der Waals surface area contributed by atoms with Gasteiger partial charge in [0.05, 0.1) is 0 Å². The Balaban J connectivity index is 1.77. The molecule has 0 aliphatic rings. The molecule has 0 amide bonds. The Hall–Kier alpha value is -3.29. The van der Waals surface area contributed by atoms with Gasteiger partial charge in [0, 0.05) is 12.5 Å². The van der Waals surface area contributed by atoms with Crippen LogP contribution in [0.3, 0.4) is 0 Å². The molecule has 0 saturated heterocycles. The van der Waals surface area contributed by atoms with Crippen LogP contribution in [0.25, 0.3) is 11.4 Å². The highest BCUT2D eigenvalue weighted by Crippen LogP contribution is 2.26. The maximum atomic E-state index is 11.0. The summed E-state index contributed by atoms with van der Waals surface area (Å²) in [7, 11) is 0. The molecule has 2 heterocycles. The highest BCUT2D eigenvalue weighted by molar-refractivity contribution is 5.58. The Morgan fingerprint density at radius 2 is 1.96 bits per heavy atom. The normalized spacial score (nSPS) is 10.6. The van der Waals surface area contributed by atoms with Crippen molar-refractivity contribution in [1.29, 1.82) is 0 Å². The van der Waals surface area contributed by atoms with Crippen molar-refractivity contribution >= 4 is 5.82 Å². The molecule has 0 saturated carbocycles. The van der Waals surface area contributed by atoms with Gasteiger partial charge in [0.15, 0.2) is 6.61 Å². The van der Waals surface area contributed by atoms with Crippen molar-refractivity contribution in [3.63, 3.8) is 0 Å². The van der Waals surface area contributed by atoms with Gasteiger partial charge in [-0.05, 0) is 34.5 Å². The van der Waals surface area contributed by atoms with Gasteiger partial charge in [-0.25, -0.2) is 0 Å². The number of nitrogens with zero attached hydrogens (tertiary/aromatic N) is 4. The largest absolute Gasteiger partial charge is 0.476 e. The van der Waals surface area contributed by atoms with Crippen LogP contribution < -0.4 is 4.74 Å². The Labute approximate surface area is 137 Å². The molecule has 8 heteroatoms. The van der Waals surface area contributed by atoms with Crippen LogP contribution in [-0.4, -0.2) is 20.0 Å². The predicted octanol–water partition coefficient (Wildman–Crippen LogP) is 3.24. The number of aromatic nitrogens is 3. The third-order valence-corrected chi connectivity index (χ3v) is 3.36. The van der Waals surface area contributed by atoms with E-state index in [-0.39, 0.29) is 24.1 Å². The molecule has 3 rings (SSSR count). The maximum Gasteiger partial charge on any atom is 0.406 e. The monoisotopic (exact) mass is 326 g/mol. The molecule has 3 aromatic rings. The van der Waals surface area contributed by atoms with Crippen LogP contribution >= 0.6 is 0 Å². The summed E-state index contributed by atoms with van der Waals surface area (Å²) in [4.78, 5) is 18.5. The molecule has 0 unspecified atom stereocenters. The zero-order chi connectivity index (χ0) is 17.1. The van der Waals surface area contributed by atoms with E-state index in [0.29, 0.717) is 11.5 Å². The summed E-state index contributed by atoms with van der Waals surface area (Å²) in [5.74, 6) is 0.390. The quantitative estimate of drug-likeness (QED) is 0.523. The van der Waals surface area contributed by atoms with Crippen molar-refractivity contribution in [2.24, 2.45) is 0 Å². The van der Waals surface area contributed by atoms with Crippen LogP contribution in [0.5, 0.6) is 5.75 Å². The fourth-order valence-corrected chi connectivity index (χ4v) is 2.16. The third-order valence-electron chi connectivity index (χ3n) is 3.36. The fourth-order valence-electron chi connectivity index (χ4n) is 2.16. The Morgan fingerprint density at radius 1 is 1.17 bits per heavy atom. The van der Waals surface area contributed by atoms with Crippen molar-refractivity contribution < 1.29 is 14.2 Å². The lowest BCUT2D eigenvalue weighted by Gasteiger charge is -2.03. The zero-order valence-electron chi connectivity index (χ0n) is 13.1. The molecule has 0 N–H and O–H groups in total. The molecule has 0 fully saturated rings. The van der Waals surface area contributed by atoms with Gasteiger partial charge in [-0.15, -0.1) is 0 Å². The standard InChI is InChI=1S/C16H14N4O4/c1-10-5-3-4-6-12(10)15-18-14(24-19-15)9-23-13-8-7-11(2)17-16(13)20(21)22/h3-8H,9H2,1-2H3. The summed E-state index contributed by atoms with van der Waals surface area (Å²) < 4.78 is 10.6. The maximum absolute atomic E-state index is 11.0. The van der Waals surface area contributed by atoms with Crippen LogP contribution in [0.1, 0.15) is 17.1 Å². The van der Waals surface area contributed by atoms with Gasteiger partial charge in [0.25, 0.3) is 5.89 Å². The number of rotatable bonds is 5. The first-order valence-electron chi connectivity index (χ1n) is 7.18. The van der Waals surface area contributed by atoms with Gasteiger partial charge in [0.1, 0.15) is 5.69 Å². The molecular weight excluding hydrogens is 312 g/mol. The smallest absolute Gasteiger partial charge is 0.406 e. The number of aryl methyl sites for hydroxylation is 2. The van der Waals surface area contributed by atoms with Gasteiger partial charge < -0.3 is 19.4 Å². The SMILES string of the molecule is Cc1ccc(OCc2nc(-c3ccccc3C)no2)c([N+](=O)[O-])n1. The van der Waals surface area contributed by atoms with Gasteiger partial charge in [-0.1, -0.05) is 29.4 Å². The second-order valence-corrected chi connectivity index (χ2v) is 5.15. The average Bonchev–Trinajstić information content (AvgIpc) is 3.02. The van der Waals surface area contributed by atoms with Crippen molar-refractivity contribution in [3.8, 4) is 17.1 Å². The number of ether oxygens (including phenoxy) is 1. The second-order valence-electron chi connectivity index (χ2n) is 5.15. The van der Waals surface area contributed by atoms with Crippen LogP contribution in [-0.2, 0) is 6.61 Å². The highest BCUT2D eigenvalue weighted by atomic mass is 16.6. The lowest BCUT2D eigenvalue weighted by molar-refractivity contribution is -0.390. The van der Waals surface area contributed by atoms with E-state index in [4.69, 9.17) is 9.26 Å². The molecule has 0 atom stereocenters. The van der Waals surface area contributed by atoms with E-state index in [1.54, 1.807) is 13.0 Å². The lowest BCUT2D eigenvalue weighted by Crippen LogP contribution is -2.02. The lowest BCUT2D eigenvalue weighted by atomic mass is 10.1. The minimum atomic E-state index is -0.588. The fraction of sp³-hybridized carbons (Fsp3) is 0.188. The molecule has 0 aliphatic heterocycles. The van der Waals surface area contributed by atoms with Crippen LogP contribution in [0.15, 0.2) is 40.9 Å². The molecule has 0 bridgehead atoms. The molecule has 24 heavy (non-hydrogen) atoms. The second kappa shape index (κ2) is 6.45. The molecule has 0 spiro atoms. The van der Waals surface area contributed by atoms with E-state index < -0.39 is 4.92 Å². The Kier molecular flexibility index (Phi) is 4.19. The predicted molar refractivity (Wildman–Crippen MR) is 84.4 cm³/mol. The van der Waals surface area contributed by atoms with Gasteiger partial charge in [-0.2, -0.15) is 4.98 Å². The Bertz CT molecular complexity index is 891. The summed E-state index contributed by atoms with van der Waals surface area (Å²) in [6, 6.07) is 10.8. The minimum Gasteiger partial charge on any atom is -0.476 e. The molecule has 8 nitrogen and oxygen atoms in total. The van der Waals surface area contributed by atoms with E-state index in [2.05, 4.69) is 15.1 Å². The van der Waals surface area contributed by atoms with Crippen LogP contribution in [0, 0.1) is 24.0 Å². The summed E-state index contributed by atoms with van der Waals surface area (Å²) in [5.41, 5.74) is 2.41. The molecule has 0 aliphatic carbocycles. The third kappa shape index (κ3) is 3.22. The first kappa shape index (κ1) is 15.6. The van der Waals surface area contributed by atoms with Crippen molar-refractivity contribution in [2.75, 3.05) is 0 Å².